The van der Waals surface area contributed by atoms with Crippen molar-refractivity contribution in [3.8, 4) is 0 Å². The van der Waals surface area contributed by atoms with Crippen molar-refractivity contribution in [3.05, 3.63) is 0 Å². The number of nitrogens with two attached hydrogens (primary N) is 1. The highest BCUT2D eigenvalue weighted by Gasteiger charge is 2.39. The highest BCUT2D eigenvalue weighted by molar-refractivity contribution is 4.96. The molecule has 2 unspecified atom stereocenters. The Morgan fingerprint density at radius 1 is 1.26 bits per heavy atom. The van der Waals surface area contributed by atoms with E-state index >= 15 is 0 Å². The molecule has 2 N–H and O–H groups in total. The Morgan fingerprint density at radius 3 is 2.42 bits per heavy atom. The van der Waals surface area contributed by atoms with Gasteiger partial charge in [-0.1, -0.05) is 53.4 Å². The van der Waals surface area contributed by atoms with Crippen LogP contribution in [0.1, 0.15) is 72.6 Å². The van der Waals surface area contributed by atoms with Gasteiger partial charge < -0.3 is 5.73 Å². The topological polar surface area (TPSA) is 29.3 Å². The minimum Gasteiger partial charge on any atom is -0.329 e. The van der Waals surface area contributed by atoms with Crippen molar-refractivity contribution in [2.45, 2.75) is 78.2 Å². The van der Waals surface area contributed by atoms with Crippen molar-refractivity contribution < 1.29 is 0 Å². The van der Waals surface area contributed by atoms with E-state index in [0.717, 1.165) is 18.4 Å². The SMILES string of the molecule is CCCN(CC(CC)CC)C1(CN)CCCC(C)C1. The summed E-state index contributed by atoms with van der Waals surface area (Å²) in [6, 6.07) is 0. The van der Waals surface area contributed by atoms with Crippen LogP contribution in [0.25, 0.3) is 0 Å². The fourth-order valence-corrected chi connectivity index (χ4v) is 3.88. The van der Waals surface area contributed by atoms with Crippen LogP contribution in [0.15, 0.2) is 0 Å². The van der Waals surface area contributed by atoms with Gasteiger partial charge in [0.25, 0.3) is 0 Å². The molecule has 114 valence electrons. The zero-order valence-electron chi connectivity index (χ0n) is 13.8. The fraction of sp³-hybridized carbons (Fsp3) is 1.00. The normalized spacial score (nSPS) is 28.3. The predicted octanol–water partition coefficient (Wildman–Crippen LogP) is 4.04. The van der Waals surface area contributed by atoms with Gasteiger partial charge in [0.2, 0.25) is 0 Å². The van der Waals surface area contributed by atoms with E-state index in [-0.39, 0.29) is 0 Å². The maximum Gasteiger partial charge on any atom is 0.0334 e. The Bertz CT molecular complexity index is 237. The molecule has 2 atom stereocenters. The molecule has 0 amide bonds. The third-order valence-corrected chi connectivity index (χ3v) is 5.25. The monoisotopic (exact) mass is 268 g/mol. The summed E-state index contributed by atoms with van der Waals surface area (Å²) < 4.78 is 0. The van der Waals surface area contributed by atoms with Crippen LogP contribution in [0.5, 0.6) is 0 Å². The standard InChI is InChI=1S/C17H36N2/c1-5-11-19(13-16(6-2)7-3)17(14-18)10-8-9-15(4)12-17/h15-16H,5-14,18H2,1-4H3. The molecule has 0 aliphatic heterocycles. The molecule has 0 aromatic heterocycles. The van der Waals surface area contributed by atoms with Crippen LogP contribution in [0.4, 0.5) is 0 Å². The highest BCUT2D eigenvalue weighted by Crippen LogP contribution is 2.37. The van der Waals surface area contributed by atoms with E-state index < -0.39 is 0 Å². The van der Waals surface area contributed by atoms with E-state index in [1.807, 2.05) is 0 Å². The first-order valence-electron chi connectivity index (χ1n) is 8.56. The van der Waals surface area contributed by atoms with Gasteiger partial charge in [-0.25, -0.2) is 0 Å². The summed E-state index contributed by atoms with van der Waals surface area (Å²) in [7, 11) is 0. The Balaban J connectivity index is 2.80. The average molecular weight is 268 g/mol. The molecule has 2 heteroatoms. The van der Waals surface area contributed by atoms with Crippen LogP contribution in [0, 0.1) is 11.8 Å². The largest absolute Gasteiger partial charge is 0.329 e. The molecule has 0 saturated heterocycles. The summed E-state index contributed by atoms with van der Waals surface area (Å²) in [5.74, 6) is 1.69. The summed E-state index contributed by atoms with van der Waals surface area (Å²) in [4.78, 5) is 2.76. The zero-order valence-corrected chi connectivity index (χ0v) is 13.8. The molecule has 0 aromatic rings. The molecule has 0 radical (unpaired) electrons. The van der Waals surface area contributed by atoms with Gasteiger partial charge in [-0.05, 0) is 37.6 Å². The number of hydrogen-bond donors (Lipinski definition) is 1. The Hall–Kier alpha value is -0.0800. The lowest BCUT2D eigenvalue weighted by molar-refractivity contribution is 0.0253. The summed E-state index contributed by atoms with van der Waals surface area (Å²) in [6.45, 7) is 12.7. The predicted molar refractivity (Wildman–Crippen MR) is 85.4 cm³/mol. The summed E-state index contributed by atoms with van der Waals surface area (Å²) in [5, 5.41) is 0. The number of hydrogen-bond acceptors (Lipinski definition) is 2. The molecule has 1 aliphatic rings. The highest BCUT2D eigenvalue weighted by atomic mass is 15.2. The lowest BCUT2D eigenvalue weighted by atomic mass is 9.74. The van der Waals surface area contributed by atoms with Crippen LogP contribution < -0.4 is 5.73 Å². The van der Waals surface area contributed by atoms with Gasteiger partial charge >= 0.3 is 0 Å². The van der Waals surface area contributed by atoms with Gasteiger partial charge in [-0.15, -0.1) is 0 Å². The van der Waals surface area contributed by atoms with Crippen LogP contribution in [0.3, 0.4) is 0 Å². The second-order valence-electron chi connectivity index (χ2n) is 6.76. The molecular formula is C17H36N2. The van der Waals surface area contributed by atoms with Crippen molar-refractivity contribution in [1.82, 2.24) is 4.90 Å². The second-order valence-corrected chi connectivity index (χ2v) is 6.76. The quantitative estimate of drug-likeness (QED) is 0.720. The van der Waals surface area contributed by atoms with Crippen molar-refractivity contribution in [2.24, 2.45) is 17.6 Å². The molecule has 0 heterocycles. The van der Waals surface area contributed by atoms with Crippen molar-refractivity contribution >= 4 is 0 Å². The molecule has 19 heavy (non-hydrogen) atoms. The minimum absolute atomic E-state index is 0.302. The third kappa shape index (κ3) is 4.46. The van der Waals surface area contributed by atoms with Gasteiger partial charge in [0.15, 0.2) is 0 Å². The molecule has 1 fully saturated rings. The van der Waals surface area contributed by atoms with Crippen LogP contribution in [-0.2, 0) is 0 Å². The molecular weight excluding hydrogens is 232 g/mol. The Morgan fingerprint density at radius 2 is 1.95 bits per heavy atom. The van der Waals surface area contributed by atoms with Gasteiger partial charge in [0, 0.05) is 18.6 Å². The molecule has 0 bridgehead atoms. The van der Waals surface area contributed by atoms with Crippen molar-refractivity contribution in [2.75, 3.05) is 19.6 Å². The van der Waals surface area contributed by atoms with E-state index in [2.05, 4.69) is 32.6 Å². The Labute approximate surface area is 121 Å². The maximum absolute atomic E-state index is 6.25. The lowest BCUT2D eigenvalue weighted by Crippen LogP contribution is -2.57. The van der Waals surface area contributed by atoms with Crippen molar-refractivity contribution in [1.29, 1.82) is 0 Å². The van der Waals surface area contributed by atoms with E-state index in [1.54, 1.807) is 0 Å². The summed E-state index contributed by atoms with van der Waals surface area (Å²) in [5.41, 5.74) is 6.55. The van der Waals surface area contributed by atoms with E-state index in [0.29, 0.717) is 5.54 Å². The first-order chi connectivity index (χ1) is 9.11. The Kier molecular flexibility index (Phi) is 7.38. The van der Waals surface area contributed by atoms with E-state index in [1.165, 1.54) is 58.0 Å². The molecule has 1 rings (SSSR count). The number of nitrogens with zero attached hydrogens (tertiary/aromatic N) is 1. The van der Waals surface area contributed by atoms with Crippen LogP contribution in [-0.4, -0.2) is 30.1 Å². The summed E-state index contributed by atoms with van der Waals surface area (Å²) >= 11 is 0. The zero-order chi connectivity index (χ0) is 14.3. The van der Waals surface area contributed by atoms with Gasteiger partial charge in [0.1, 0.15) is 0 Å². The number of rotatable bonds is 8. The van der Waals surface area contributed by atoms with Gasteiger partial charge in [-0.2, -0.15) is 0 Å². The first kappa shape index (κ1) is 17.0. The third-order valence-electron chi connectivity index (χ3n) is 5.25. The molecule has 1 saturated carbocycles. The van der Waals surface area contributed by atoms with E-state index in [4.69, 9.17) is 5.73 Å². The average Bonchev–Trinajstić information content (AvgIpc) is 2.43. The smallest absolute Gasteiger partial charge is 0.0334 e. The van der Waals surface area contributed by atoms with E-state index in [9.17, 15) is 0 Å². The molecule has 1 aliphatic carbocycles. The molecule has 0 aromatic carbocycles. The van der Waals surface area contributed by atoms with Crippen LogP contribution >= 0.6 is 0 Å². The summed E-state index contributed by atoms with van der Waals surface area (Å²) in [6.07, 6.45) is 9.22. The second kappa shape index (κ2) is 8.26. The molecule has 0 spiro atoms. The molecule has 2 nitrogen and oxygen atoms in total. The first-order valence-corrected chi connectivity index (χ1v) is 8.56. The lowest BCUT2D eigenvalue weighted by Gasteiger charge is -2.49. The maximum atomic E-state index is 6.25. The van der Waals surface area contributed by atoms with Crippen molar-refractivity contribution in [3.63, 3.8) is 0 Å². The van der Waals surface area contributed by atoms with Gasteiger partial charge in [-0.3, -0.25) is 4.90 Å². The minimum atomic E-state index is 0.302. The van der Waals surface area contributed by atoms with Crippen LogP contribution in [0.2, 0.25) is 0 Å². The van der Waals surface area contributed by atoms with Gasteiger partial charge in [0.05, 0.1) is 0 Å². The fourth-order valence-electron chi connectivity index (χ4n) is 3.88.